The second-order valence-corrected chi connectivity index (χ2v) is 9.23. The molecular formula is C24H32O3. The summed E-state index contributed by atoms with van der Waals surface area (Å²) in [4.78, 5) is 12.5. The monoisotopic (exact) mass is 368 g/mol. The predicted octanol–water partition coefficient (Wildman–Crippen LogP) is 5.49. The first-order valence-corrected chi connectivity index (χ1v) is 9.44. The van der Waals surface area contributed by atoms with Gasteiger partial charge in [0, 0.05) is 0 Å². The predicted molar refractivity (Wildman–Crippen MR) is 110 cm³/mol. The van der Waals surface area contributed by atoms with Gasteiger partial charge in [-0.15, -0.1) is 0 Å². The molecule has 0 amide bonds. The van der Waals surface area contributed by atoms with Crippen LogP contribution in [0.25, 0.3) is 0 Å². The summed E-state index contributed by atoms with van der Waals surface area (Å²) < 4.78 is 5.07. The first kappa shape index (κ1) is 21.0. The van der Waals surface area contributed by atoms with E-state index in [-0.39, 0.29) is 22.7 Å². The summed E-state index contributed by atoms with van der Waals surface area (Å²) in [7, 11) is 1.43. The average Bonchev–Trinajstić information content (AvgIpc) is 2.58. The number of ether oxygens (including phenoxy) is 1. The van der Waals surface area contributed by atoms with Crippen LogP contribution in [0.1, 0.15) is 69.7 Å². The molecule has 0 aliphatic carbocycles. The molecule has 1 unspecified atom stereocenters. The molecule has 0 aliphatic heterocycles. The van der Waals surface area contributed by atoms with Gasteiger partial charge < -0.3 is 9.84 Å². The number of rotatable bonds is 4. The van der Waals surface area contributed by atoms with E-state index in [2.05, 4.69) is 41.5 Å². The van der Waals surface area contributed by atoms with Crippen molar-refractivity contribution in [2.45, 2.75) is 64.7 Å². The van der Waals surface area contributed by atoms with Gasteiger partial charge in [0.15, 0.2) is 0 Å². The van der Waals surface area contributed by atoms with Gasteiger partial charge in [0.1, 0.15) is 5.75 Å². The number of benzene rings is 2. The molecule has 0 aromatic heterocycles. The molecule has 0 fully saturated rings. The third kappa shape index (κ3) is 4.91. The van der Waals surface area contributed by atoms with Gasteiger partial charge in [0.05, 0.1) is 13.0 Å². The standard InChI is InChI=1S/C24H32O3/c1-23(2,3)19-14-16(15-20(21(19)25)24(4,5)6)13-18(22(26)27-7)17-11-9-8-10-12-17/h8-12,14-15,18,25H,13H2,1-7H3. The van der Waals surface area contributed by atoms with E-state index in [0.717, 1.165) is 22.3 Å². The Bertz CT molecular complexity index is 758. The summed E-state index contributed by atoms with van der Waals surface area (Å²) in [6, 6.07) is 13.8. The number of phenols is 1. The largest absolute Gasteiger partial charge is 0.507 e. The van der Waals surface area contributed by atoms with E-state index in [1.165, 1.54) is 7.11 Å². The van der Waals surface area contributed by atoms with Crippen LogP contribution < -0.4 is 0 Å². The fraction of sp³-hybridized carbons (Fsp3) is 0.458. The zero-order chi connectivity index (χ0) is 20.4. The quantitative estimate of drug-likeness (QED) is 0.726. The van der Waals surface area contributed by atoms with Crippen molar-refractivity contribution in [2.24, 2.45) is 0 Å². The topological polar surface area (TPSA) is 46.5 Å². The molecule has 0 aliphatic rings. The van der Waals surface area contributed by atoms with Crippen molar-refractivity contribution < 1.29 is 14.6 Å². The SMILES string of the molecule is COC(=O)C(Cc1cc(C(C)(C)C)c(O)c(C(C)(C)C)c1)c1ccccc1. The molecule has 2 aromatic rings. The van der Waals surface area contributed by atoms with E-state index in [9.17, 15) is 9.90 Å². The van der Waals surface area contributed by atoms with Gasteiger partial charge in [-0.05, 0) is 39.5 Å². The van der Waals surface area contributed by atoms with E-state index < -0.39 is 0 Å². The first-order chi connectivity index (χ1) is 12.4. The molecule has 0 saturated carbocycles. The van der Waals surface area contributed by atoms with Crippen LogP contribution in [-0.4, -0.2) is 18.2 Å². The maximum atomic E-state index is 12.5. The molecule has 146 valence electrons. The lowest BCUT2D eigenvalue weighted by atomic mass is 9.77. The fourth-order valence-electron chi connectivity index (χ4n) is 3.36. The Morgan fingerprint density at radius 1 is 0.963 bits per heavy atom. The lowest BCUT2D eigenvalue weighted by Gasteiger charge is -2.29. The van der Waals surface area contributed by atoms with E-state index in [1.807, 2.05) is 42.5 Å². The second kappa shape index (κ2) is 7.75. The smallest absolute Gasteiger partial charge is 0.313 e. The van der Waals surface area contributed by atoms with Crippen molar-refractivity contribution in [3.63, 3.8) is 0 Å². The minimum Gasteiger partial charge on any atom is -0.507 e. The summed E-state index contributed by atoms with van der Waals surface area (Å²) in [5.41, 5.74) is 3.37. The molecular weight excluding hydrogens is 336 g/mol. The minimum absolute atomic E-state index is 0.201. The van der Waals surface area contributed by atoms with Crippen LogP contribution in [0, 0.1) is 0 Å². The van der Waals surface area contributed by atoms with Crippen molar-refractivity contribution in [2.75, 3.05) is 7.11 Å². The Morgan fingerprint density at radius 2 is 1.44 bits per heavy atom. The lowest BCUT2D eigenvalue weighted by Crippen LogP contribution is -2.20. The molecule has 0 heterocycles. The van der Waals surface area contributed by atoms with Gasteiger partial charge in [-0.3, -0.25) is 4.79 Å². The maximum Gasteiger partial charge on any atom is 0.313 e. The highest BCUT2D eigenvalue weighted by atomic mass is 16.5. The van der Waals surface area contributed by atoms with E-state index in [0.29, 0.717) is 12.2 Å². The summed E-state index contributed by atoms with van der Waals surface area (Å²) in [5, 5.41) is 10.9. The van der Waals surface area contributed by atoms with Gasteiger partial charge in [-0.2, -0.15) is 0 Å². The number of phenolic OH excluding ortho intramolecular Hbond substituents is 1. The van der Waals surface area contributed by atoms with Crippen LogP contribution in [0.15, 0.2) is 42.5 Å². The maximum absolute atomic E-state index is 12.5. The van der Waals surface area contributed by atoms with Crippen molar-refractivity contribution >= 4 is 5.97 Å². The number of hydrogen-bond acceptors (Lipinski definition) is 3. The zero-order valence-electron chi connectivity index (χ0n) is 17.6. The lowest BCUT2D eigenvalue weighted by molar-refractivity contribution is -0.142. The summed E-state index contributed by atoms with van der Waals surface area (Å²) in [6.07, 6.45) is 0.531. The summed E-state index contributed by atoms with van der Waals surface area (Å²) in [5.74, 6) is -0.265. The molecule has 2 aromatic carbocycles. The highest BCUT2D eigenvalue weighted by Gasteiger charge is 2.28. The Hall–Kier alpha value is -2.29. The molecule has 0 spiro atoms. The molecule has 27 heavy (non-hydrogen) atoms. The number of methoxy groups -OCH3 is 1. The van der Waals surface area contributed by atoms with Crippen LogP contribution in [0.3, 0.4) is 0 Å². The second-order valence-electron chi connectivity index (χ2n) is 9.23. The van der Waals surface area contributed by atoms with Gasteiger partial charge in [0.25, 0.3) is 0 Å². The molecule has 3 heteroatoms. The summed E-state index contributed by atoms with van der Waals surface area (Å²) >= 11 is 0. The Kier molecular flexibility index (Phi) is 6.04. The highest BCUT2D eigenvalue weighted by Crippen LogP contribution is 2.40. The van der Waals surface area contributed by atoms with Crippen molar-refractivity contribution in [1.82, 2.24) is 0 Å². The van der Waals surface area contributed by atoms with Gasteiger partial charge in [-0.25, -0.2) is 0 Å². The van der Waals surface area contributed by atoms with Crippen molar-refractivity contribution in [1.29, 1.82) is 0 Å². The molecule has 0 saturated heterocycles. The van der Waals surface area contributed by atoms with Gasteiger partial charge >= 0.3 is 5.97 Å². The van der Waals surface area contributed by atoms with Crippen LogP contribution in [-0.2, 0) is 26.8 Å². The molecule has 1 atom stereocenters. The molecule has 1 N–H and O–H groups in total. The first-order valence-electron chi connectivity index (χ1n) is 9.44. The van der Waals surface area contributed by atoms with Crippen LogP contribution >= 0.6 is 0 Å². The Morgan fingerprint density at radius 3 is 1.85 bits per heavy atom. The molecule has 0 radical (unpaired) electrons. The molecule has 3 nitrogen and oxygen atoms in total. The van der Waals surface area contributed by atoms with Crippen LogP contribution in [0.5, 0.6) is 5.75 Å². The third-order valence-electron chi connectivity index (χ3n) is 4.91. The van der Waals surface area contributed by atoms with E-state index >= 15 is 0 Å². The van der Waals surface area contributed by atoms with Gasteiger partial charge in [-0.1, -0.05) is 84.0 Å². The highest BCUT2D eigenvalue weighted by molar-refractivity contribution is 5.78. The molecule has 0 bridgehead atoms. The van der Waals surface area contributed by atoms with Crippen molar-refractivity contribution in [3.8, 4) is 5.75 Å². The normalized spacial score (nSPS) is 13.3. The minimum atomic E-state index is -0.374. The zero-order valence-corrected chi connectivity index (χ0v) is 17.6. The van der Waals surface area contributed by atoms with E-state index in [1.54, 1.807) is 0 Å². The number of carbonyl (C=O) groups excluding carboxylic acids is 1. The van der Waals surface area contributed by atoms with Crippen LogP contribution in [0.4, 0.5) is 0 Å². The van der Waals surface area contributed by atoms with Gasteiger partial charge in [0.2, 0.25) is 0 Å². The Balaban J connectivity index is 2.58. The Labute approximate surface area is 163 Å². The van der Waals surface area contributed by atoms with Crippen LogP contribution in [0.2, 0.25) is 0 Å². The fourth-order valence-corrected chi connectivity index (χ4v) is 3.36. The molecule has 2 rings (SSSR count). The third-order valence-corrected chi connectivity index (χ3v) is 4.91. The summed E-state index contributed by atoms with van der Waals surface area (Å²) in [6.45, 7) is 12.5. The van der Waals surface area contributed by atoms with E-state index in [4.69, 9.17) is 4.74 Å². The number of carbonyl (C=O) groups is 1. The van der Waals surface area contributed by atoms with Crippen molar-refractivity contribution in [3.05, 3.63) is 64.7 Å². The number of aromatic hydroxyl groups is 1. The average molecular weight is 369 g/mol. The number of hydrogen-bond donors (Lipinski definition) is 1. The number of esters is 1.